The number of anilines is 1. The maximum Gasteiger partial charge on any atom is 0.142 e. The van der Waals surface area contributed by atoms with Gasteiger partial charge in [0.05, 0.1) is 5.69 Å². The highest BCUT2D eigenvalue weighted by Crippen LogP contribution is 2.22. The van der Waals surface area contributed by atoms with Crippen molar-refractivity contribution in [2.75, 3.05) is 12.3 Å². The van der Waals surface area contributed by atoms with Gasteiger partial charge in [-0.1, -0.05) is 12.6 Å². The largest absolute Gasteiger partial charge is 0.487 e. The highest BCUT2D eigenvalue weighted by molar-refractivity contribution is 5.54. The molecule has 70 valence electrons. The second-order valence-electron chi connectivity index (χ2n) is 3.29. The summed E-state index contributed by atoms with van der Waals surface area (Å²) in [5.41, 5.74) is 8.56. The number of aryl methyl sites for hydroxylation is 1. The van der Waals surface area contributed by atoms with Gasteiger partial charge in [0.25, 0.3) is 0 Å². The second-order valence-corrected chi connectivity index (χ2v) is 3.29. The smallest absolute Gasteiger partial charge is 0.142 e. The molecule has 0 heterocycles. The molecule has 0 bridgehead atoms. The van der Waals surface area contributed by atoms with E-state index in [2.05, 4.69) is 6.58 Å². The first kappa shape index (κ1) is 9.65. The Kier molecular flexibility index (Phi) is 2.96. The Morgan fingerprint density at radius 1 is 1.54 bits per heavy atom. The zero-order valence-corrected chi connectivity index (χ0v) is 8.13. The van der Waals surface area contributed by atoms with Crippen LogP contribution in [0.3, 0.4) is 0 Å². The third-order valence-electron chi connectivity index (χ3n) is 1.64. The number of nitrogens with two attached hydrogens (primary N) is 1. The maximum atomic E-state index is 5.75. The summed E-state index contributed by atoms with van der Waals surface area (Å²) in [7, 11) is 0. The predicted molar refractivity (Wildman–Crippen MR) is 55.9 cm³/mol. The van der Waals surface area contributed by atoms with Crippen LogP contribution in [0.4, 0.5) is 5.69 Å². The molecule has 0 aromatic heterocycles. The minimum Gasteiger partial charge on any atom is -0.487 e. The molecule has 0 amide bonds. The summed E-state index contributed by atoms with van der Waals surface area (Å²) in [5.74, 6) is 0.730. The fourth-order valence-corrected chi connectivity index (χ4v) is 1.00. The van der Waals surface area contributed by atoms with Gasteiger partial charge in [-0.3, -0.25) is 0 Å². The van der Waals surface area contributed by atoms with Crippen molar-refractivity contribution in [3.63, 3.8) is 0 Å². The van der Waals surface area contributed by atoms with E-state index in [0.29, 0.717) is 12.3 Å². The molecule has 1 aromatic carbocycles. The fraction of sp³-hybridized carbons (Fsp3) is 0.273. The monoisotopic (exact) mass is 177 g/mol. The van der Waals surface area contributed by atoms with Crippen LogP contribution in [-0.2, 0) is 0 Å². The molecule has 0 fully saturated rings. The minimum atomic E-state index is 0.521. The molecule has 1 rings (SSSR count). The van der Waals surface area contributed by atoms with Crippen molar-refractivity contribution in [3.8, 4) is 5.75 Å². The van der Waals surface area contributed by atoms with Crippen molar-refractivity contribution in [3.05, 3.63) is 35.9 Å². The molecule has 13 heavy (non-hydrogen) atoms. The van der Waals surface area contributed by atoms with Crippen LogP contribution in [0.2, 0.25) is 0 Å². The van der Waals surface area contributed by atoms with Crippen LogP contribution in [-0.4, -0.2) is 6.61 Å². The lowest BCUT2D eigenvalue weighted by atomic mass is 10.2. The molecule has 2 N–H and O–H groups in total. The van der Waals surface area contributed by atoms with Crippen molar-refractivity contribution >= 4 is 5.69 Å². The third-order valence-corrected chi connectivity index (χ3v) is 1.64. The van der Waals surface area contributed by atoms with Crippen molar-refractivity contribution < 1.29 is 4.74 Å². The first-order valence-corrected chi connectivity index (χ1v) is 4.23. The Morgan fingerprint density at radius 2 is 2.23 bits per heavy atom. The molecule has 2 heteroatoms. The first-order chi connectivity index (χ1) is 6.09. The van der Waals surface area contributed by atoms with E-state index in [1.54, 1.807) is 0 Å². The second kappa shape index (κ2) is 3.99. The molecule has 0 saturated heterocycles. The quantitative estimate of drug-likeness (QED) is 0.568. The minimum absolute atomic E-state index is 0.521. The zero-order chi connectivity index (χ0) is 9.84. The van der Waals surface area contributed by atoms with Gasteiger partial charge in [-0.05, 0) is 37.1 Å². The highest BCUT2D eigenvalue weighted by atomic mass is 16.5. The fourth-order valence-electron chi connectivity index (χ4n) is 1.00. The standard InChI is InChI=1S/C11H15NO/c1-8(2)7-13-11-5-4-9(3)6-10(11)12/h4-6H,1,7,12H2,2-3H3. The molecule has 0 saturated carbocycles. The van der Waals surface area contributed by atoms with Gasteiger partial charge in [-0.15, -0.1) is 0 Å². The lowest BCUT2D eigenvalue weighted by molar-refractivity contribution is 0.354. The van der Waals surface area contributed by atoms with E-state index in [0.717, 1.165) is 16.9 Å². The highest BCUT2D eigenvalue weighted by Gasteiger charge is 1.99. The maximum absolute atomic E-state index is 5.75. The summed E-state index contributed by atoms with van der Waals surface area (Å²) in [6.07, 6.45) is 0. The normalized spacial score (nSPS) is 9.69. The molecule has 0 spiro atoms. The van der Waals surface area contributed by atoms with E-state index in [4.69, 9.17) is 10.5 Å². The average molecular weight is 177 g/mol. The summed E-state index contributed by atoms with van der Waals surface area (Å²) in [4.78, 5) is 0. The van der Waals surface area contributed by atoms with Crippen LogP contribution in [0.1, 0.15) is 12.5 Å². The third kappa shape index (κ3) is 2.82. The zero-order valence-electron chi connectivity index (χ0n) is 8.13. The van der Waals surface area contributed by atoms with Gasteiger partial charge >= 0.3 is 0 Å². The Morgan fingerprint density at radius 3 is 2.77 bits per heavy atom. The molecule has 0 atom stereocenters. The number of ether oxygens (including phenoxy) is 1. The summed E-state index contributed by atoms with van der Waals surface area (Å²) in [5, 5.41) is 0. The van der Waals surface area contributed by atoms with Crippen LogP contribution >= 0.6 is 0 Å². The van der Waals surface area contributed by atoms with Crippen molar-refractivity contribution in [2.45, 2.75) is 13.8 Å². The summed E-state index contributed by atoms with van der Waals surface area (Å²) in [6.45, 7) is 8.19. The molecule has 0 aliphatic carbocycles. The molecular weight excluding hydrogens is 162 g/mol. The topological polar surface area (TPSA) is 35.2 Å². The Bertz CT molecular complexity index is 318. The molecule has 0 aliphatic heterocycles. The number of benzene rings is 1. The van der Waals surface area contributed by atoms with Gasteiger partial charge in [0.15, 0.2) is 0 Å². The molecule has 2 nitrogen and oxygen atoms in total. The van der Waals surface area contributed by atoms with Gasteiger partial charge in [-0.2, -0.15) is 0 Å². The van der Waals surface area contributed by atoms with Crippen LogP contribution < -0.4 is 10.5 Å². The molecule has 0 unspecified atom stereocenters. The van der Waals surface area contributed by atoms with E-state index in [-0.39, 0.29) is 0 Å². The number of nitrogen functional groups attached to an aromatic ring is 1. The SMILES string of the molecule is C=C(C)COc1ccc(C)cc1N. The van der Waals surface area contributed by atoms with E-state index < -0.39 is 0 Å². The van der Waals surface area contributed by atoms with Gasteiger partial charge in [0.1, 0.15) is 12.4 Å². The van der Waals surface area contributed by atoms with Gasteiger partial charge < -0.3 is 10.5 Å². The first-order valence-electron chi connectivity index (χ1n) is 4.23. The van der Waals surface area contributed by atoms with Gasteiger partial charge in [0, 0.05) is 0 Å². The lowest BCUT2D eigenvalue weighted by Crippen LogP contribution is -2.00. The number of hydrogen-bond acceptors (Lipinski definition) is 2. The van der Waals surface area contributed by atoms with Crippen molar-refractivity contribution in [2.24, 2.45) is 0 Å². The summed E-state index contributed by atoms with van der Waals surface area (Å²) in [6, 6.07) is 5.76. The molecule has 1 aromatic rings. The van der Waals surface area contributed by atoms with Crippen LogP contribution in [0.15, 0.2) is 30.4 Å². The summed E-state index contributed by atoms with van der Waals surface area (Å²) < 4.78 is 5.43. The summed E-state index contributed by atoms with van der Waals surface area (Å²) >= 11 is 0. The van der Waals surface area contributed by atoms with E-state index in [1.807, 2.05) is 32.0 Å². The molecule has 0 aliphatic rings. The average Bonchev–Trinajstić information content (AvgIpc) is 2.02. The predicted octanol–water partition coefficient (Wildman–Crippen LogP) is 2.53. The molecule has 0 radical (unpaired) electrons. The number of hydrogen-bond donors (Lipinski definition) is 1. The van der Waals surface area contributed by atoms with E-state index in [1.165, 1.54) is 0 Å². The van der Waals surface area contributed by atoms with Crippen LogP contribution in [0.25, 0.3) is 0 Å². The van der Waals surface area contributed by atoms with Crippen LogP contribution in [0.5, 0.6) is 5.75 Å². The Labute approximate surface area is 79.0 Å². The van der Waals surface area contributed by atoms with E-state index >= 15 is 0 Å². The van der Waals surface area contributed by atoms with E-state index in [9.17, 15) is 0 Å². The van der Waals surface area contributed by atoms with Gasteiger partial charge in [-0.25, -0.2) is 0 Å². The Balaban J connectivity index is 2.72. The Hall–Kier alpha value is -1.44. The van der Waals surface area contributed by atoms with Gasteiger partial charge in [0.2, 0.25) is 0 Å². The van der Waals surface area contributed by atoms with Crippen molar-refractivity contribution in [1.82, 2.24) is 0 Å². The molecular formula is C11H15NO. The van der Waals surface area contributed by atoms with Crippen LogP contribution in [0, 0.1) is 6.92 Å². The number of rotatable bonds is 3. The lowest BCUT2D eigenvalue weighted by Gasteiger charge is -2.08. The van der Waals surface area contributed by atoms with Crippen molar-refractivity contribution in [1.29, 1.82) is 0 Å².